The predicted molar refractivity (Wildman–Crippen MR) is 118 cm³/mol. The molecule has 0 spiro atoms. The van der Waals surface area contributed by atoms with Crippen molar-refractivity contribution in [2.24, 2.45) is 0 Å². The van der Waals surface area contributed by atoms with Crippen molar-refractivity contribution < 1.29 is 17.8 Å². The van der Waals surface area contributed by atoms with E-state index in [1.807, 2.05) is 6.08 Å². The fourth-order valence-corrected chi connectivity index (χ4v) is 3.72. The molecule has 0 fully saturated rings. The quantitative estimate of drug-likeness (QED) is 0.149. The van der Waals surface area contributed by atoms with Crippen LogP contribution in [0.25, 0.3) is 0 Å². The van der Waals surface area contributed by atoms with E-state index in [1.54, 1.807) is 6.08 Å². The van der Waals surface area contributed by atoms with Gasteiger partial charge in [0.15, 0.2) is 0 Å². The van der Waals surface area contributed by atoms with E-state index >= 15 is 0 Å². The lowest BCUT2D eigenvalue weighted by atomic mass is 10.0. The third kappa shape index (κ3) is 23.2. The minimum Gasteiger partial charge on any atom is -0.353 e. The number of unbranched alkanes of at least 4 members (excludes halogenated alkanes) is 14. The number of rotatable bonds is 20. The molecule has 5 nitrogen and oxygen atoms in total. The van der Waals surface area contributed by atoms with Crippen molar-refractivity contribution in [2.75, 3.05) is 12.3 Å². The SMILES string of the molecule is CCCCCCCCCCCCCCC/C=C/C(=O)NCCCCS(=O)(=O)O. The van der Waals surface area contributed by atoms with Gasteiger partial charge in [-0.2, -0.15) is 8.42 Å². The van der Waals surface area contributed by atoms with Gasteiger partial charge in [0, 0.05) is 6.54 Å². The highest BCUT2D eigenvalue weighted by Crippen LogP contribution is 2.13. The molecule has 0 aliphatic carbocycles. The second kappa shape index (κ2) is 19.4. The van der Waals surface area contributed by atoms with E-state index in [0.717, 1.165) is 12.8 Å². The van der Waals surface area contributed by atoms with Gasteiger partial charge in [0.05, 0.1) is 5.75 Å². The lowest BCUT2D eigenvalue weighted by molar-refractivity contribution is -0.116. The van der Waals surface area contributed by atoms with Crippen molar-refractivity contribution >= 4 is 16.0 Å². The second-order valence-electron chi connectivity index (χ2n) is 7.72. The number of hydrogen-bond acceptors (Lipinski definition) is 3. The van der Waals surface area contributed by atoms with Crippen LogP contribution in [-0.2, 0) is 14.9 Å². The van der Waals surface area contributed by atoms with Crippen LogP contribution in [0.2, 0.25) is 0 Å². The summed E-state index contributed by atoms with van der Waals surface area (Å²) in [7, 11) is -3.89. The molecular weight excluding hydrogens is 374 g/mol. The van der Waals surface area contributed by atoms with Gasteiger partial charge in [0.2, 0.25) is 5.91 Å². The molecule has 28 heavy (non-hydrogen) atoms. The molecular formula is C22H43NO4S. The Labute approximate surface area is 173 Å². The zero-order valence-corrected chi connectivity index (χ0v) is 18.8. The van der Waals surface area contributed by atoms with Crippen molar-refractivity contribution in [3.05, 3.63) is 12.2 Å². The summed E-state index contributed by atoms with van der Waals surface area (Å²) in [6, 6.07) is 0. The van der Waals surface area contributed by atoms with Crippen LogP contribution in [0.1, 0.15) is 110 Å². The Morgan fingerprint density at radius 1 is 0.786 bits per heavy atom. The summed E-state index contributed by atoms with van der Waals surface area (Å²) in [4.78, 5) is 11.6. The number of allylic oxidation sites excluding steroid dienone is 1. The van der Waals surface area contributed by atoms with E-state index in [9.17, 15) is 13.2 Å². The molecule has 0 atom stereocenters. The van der Waals surface area contributed by atoms with Gasteiger partial charge in [-0.25, -0.2) is 0 Å². The lowest BCUT2D eigenvalue weighted by Gasteiger charge is -2.03. The molecule has 0 radical (unpaired) electrons. The van der Waals surface area contributed by atoms with E-state index in [1.165, 1.54) is 77.0 Å². The minimum absolute atomic E-state index is 0.137. The second-order valence-corrected chi connectivity index (χ2v) is 9.29. The lowest BCUT2D eigenvalue weighted by Crippen LogP contribution is -2.22. The van der Waals surface area contributed by atoms with Crippen molar-refractivity contribution in [1.82, 2.24) is 5.32 Å². The molecule has 0 aromatic heterocycles. The van der Waals surface area contributed by atoms with Gasteiger partial charge in [-0.3, -0.25) is 9.35 Å². The van der Waals surface area contributed by atoms with Crippen LogP contribution in [0.15, 0.2) is 12.2 Å². The Hall–Kier alpha value is -0.880. The summed E-state index contributed by atoms with van der Waals surface area (Å²) in [6.45, 7) is 2.69. The Bertz CT molecular complexity index is 489. The van der Waals surface area contributed by atoms with Crippen molar-refractivity contribution in [3.63, 3.8) is 0 Å². The first-order valence-electron chi connectivity index (χ1n) is 11.3. The zero-order chi connectivity index (χ0) is 20.9. The van der Waals surface area contributed by atoms with Gasteiger partial charge in [-0.1, -0.05) is 90.0 Å². The van der Waals surface area contributed by atoms with E-state index in [4.69, 9.17) is 4.55 Å². The number of carbonyl (C=O) groups is 1. The summed E-state index contributed by atoms with van der Waals surface area (Å²) in [5, 5.41) is 2.72. The third-order valence-corrected chi connectivity index (χ3v) is 5.68. The first kappa shape index (κ1) is 27.1. The normalized spacial score (nSPS) is 11.9. The molecule has 0 aromatic carbocycles. The molecule has 0 saturated heterocycles. The Morgan fingerprint density at radius 2 is 1.29 bits per heavy atom. The van der Waals surface area contributed by atoms with Gasteiger partial charge in [-0.05, 0) is 31.8 Å². The highest BCUT2D eigenvalue weighted by Gasteiger charge is 2.03. The standard InChI is InChI=1S/C22H43NO4S/c1-2-3-4-5-6-7-8-9-10-11-12-13-14-15-16-19-22(24)23-20-17-18-21-28(25,26)27/h16,19H,2-15,17-18,20-21H2,1H3,(H,23,24)(H,25,26,27)/b19-16+. The Morgan fingerprint density at radius 3 is 1.79 bits per heavy atom. The summed E-state index contributed by atoms with van der Waals surface area (Å²) >= 11 is 0. The first-order chi connectivity index (χ1) is 13.5. The smallest absolute Gasteiger partial charge is 0.264 e. The highest BCUT2D eigenvalue weighted by atomic mass is 32.2. The molecule has 0 rings (SSSR count). The van der Waals surface area contributed by atoms with Gasteiger partial charge >= 0.3 is 0 Å². The number of carbonyl (C=O) groups excluding carboxylic acids is 1. The third-order valence-electron chi connectivity index (χ3n) is 4.87. The van der Waals surface area contributed by atoms with Crippen LogP contribution in [0.4, 0.5) is 0 Å². The van der Waals surface area contributed by atoms with Crippen LogP contribution in [0, 0.1) is 0 Å². The molecule has 0 aliphatic rings. The monoisotopic (exact) mass is 417 g/mol. The molecule has 0 bridgehead atoms. The minimum atomic E-state index is -3.89. The van der Waals surface area contributed by atoms with E-state index in [-0.39, 0.29) is 11.7 Å². The molecule has 6 heteroatoms. The molecule has 1 amide bonds. The van der Waals surface area contributed by atoms with E-state index in [0.29, 0.717) is 19.4 Å². The van der Waals surface area contributed by atoms with Crippen LogP contribution in [0.3, 0.4) is 0 Å². The van der Waals surface area contributed by atoms with E-state index in [2.05, 4.69) is 12.2 Å². The molecule has 166 valence electrons. The number of nitrogens with one attached hydrogen (secondary N) is 1. The van der Waals surface area contributed by atoms with Gasteiger partial charge in [-0.15, -0.1) is 0 Å². The molecule has 0 aliphatic heterocycles. The molecule has 0 unspecified atom stereocenters. The van der Waals surface area contributed by atoms with Gasteiger partial charge in [0.25, 0.3) is 10.1 Å². The largest absolute Gasteiger partial charge is 0.353 e. The molecule has 2 N–H and O–H groups in total. The van der Waals surface area contributed by atoms with Crippen LogP contribution >= 0.6 is 0 Å². The van der Waals surface area contributed by atoms with Crippen LogP contribution in [-0.4, -0.2) is 31.2 Å². The molecule has 0 aromatic rings. The van der Waals surface area contributed by atoms with Crippen LogP contribution in [0.5, 0.6) is 0 Å². The van der Waals surface area contributed by atoms with Crippen LogP contribution < -0.4 is 5.32 Å². The molecule has 0 heterocycles. The Kier molecular flexibility index (Phi) is 18.8. The average molecular weight is 418 g/mol. The summed E-state index contributed by atoms with van der Waals surface area (Å²) in [5.41, 5.74) is 0. The number of hydrogen-bond donors (Lipinski definition) is 2. The topological polar surface area (TPSA) is 83.5 Å². The zero-order valence-electron chi connectivity index (χ0n) is 18.0. The summed E-state index contributed by atoms with van der Waals surface area (Å²) in [5.74, 6) is -0.390. The Balaban J connectivity index is 3.29. The fraction of sp³-hybridized carbons (Fsp3) is 0.864. The van der Waals surface area contributed by atoms with Crippen molar-refractivity contribution in [3.8, 4) is 0 Å². The summed E-state index contributed by atoms with van der Waals surface area (Å²) < 4.78 is 29.7. The van der Waals surface area contributed by atoms with Gasteiger partial charge < -0.3 is 5.32 Å². The van der Waals surface area contributed by atoms with Gasteiger partial charge in [0.1, 0.15) is 0 Å². The summed E-state index contributed by atoms with van der Waals surface area (Å²) in [6.07, 6.45) is 22.7. The maximum absolute atomic E-state index is 11.6. The fourth-order valence-electron chi connectivity index (χ4n) is 3.15. The predicted octanol–water partition coefficient (Wildman–Crippen LogP) is 5.81. The maximum atomic E-state index is 11.6. The van der Waals surface area contributed by atoms with Crippen molar-refractivity contribution in [2.45, 2.75) is 110 Å². The number of amides is 1. The highest BCUT2D eigenvalue weighted by molar-refractivity contribution is 7.85. The maximum Gasteiger partial charge on any atom is 0.264 e. The van der Waals surface area contributed by atoms with Crippen molar-refractivity contribution in [1.29, 1.82) is 0 Å². The average Bonchev–Trinajstić information content (AvgIpc) is 2.63. The van der Waals surface area contributed by atoms with E-state index < -0.39 is 10.1 Å². The first-order valence-corrected chi connectivity index (χ1v) is 13.0. The molecule has 0 saturated carbocycles.